The number of benzene rings is 3. The Morgan fingerprint density at radius 1 is 1.00 bits per heavy atom. The molecule has 0 spiro atoms. The molecule has 0 aliphatic rings. The maximum Gasteiger partial charge on any atom is 0.261 e. The Balaban J connectivity index is 1.88. The number of likely N-dealkylation sites (N-methyl/N-ethyl adjacent to an activating group) is 1. The summed E-state index contributed by atoms with van der Waals surface area (Å²) in [6.45, 7) is -0.193. The van der Waals surface area contributed by atoms with E-state index < -0.39 is 24.4 Å². The molecule has 0 aliphatic carbocycles. The minimum Gasteiger partial charge on any atom is -0.481 e. The summed E-state index contributed by atoms with van der Waals surface area (Å²) in [7, 11) is 1.54. The van der Waals surface area contributed by atoms with Crippen molar-refractivity contribution in [2.24, 2.45) is 0 Å². The molecule has 3 aromatic carbocycles. The van der Waals surface area contributed by atoms with Crippen LogP contribution in [0.25, 0.3) is 0 Å². The van der Waals surface area contributed by atoms with E-state index in [4.69, 9.17) is 4.74 Å². The lowest BCUT2D eigenvalue weighted by molar-refractivity contribution is -0.142. The first kappa shape index (κ1) is 23.5. The summed E-state index contributed by atoms with van der Waals surface area (Å²) in [6.07, 6.45) is 0.333. The molecule has 5 nitrogen and oxygen atoms in total. The fourth-order valence-corrected chi connectivity index (χ4v) is 3.78. The van der Waals surface area contributed by atoms with E-state index in [1.165, 1.54) is 24.1 Å². The fraction of sp³-hybridized carbons (Fsp3) is 0.200. The molecular weight excluding hydrogens is 475 g/mol. The van der Waals surface area contributed by atoms with Gasteiger partial charge in [0.2, 0.25) is 5.91 Å². The zero-order chi connectivity index (χ0) is 22.9. The van der Waals surface area contributed by atoms with Gasteiger partial charge in [-0.15, -0.1) is 0 Å². The van der Waals surface area contributed by atoms with Crippen LogP contribution in [0.4, 0.5) is 4.39 Å². The van der Waals surface area contributed by atoms with Crippen molar-refractivity contribution in [3.8, 4) is 5.75 Å². The van der Waals surface area contributed by atoms with Crippen molar-refractivity contribution in [3.05, 3.63) is 100 Å². The molecule has 0 saturated heterocycles. The predicted octanol–water partition coefficient (Wildman–Crippen LogP) is 4.35. The number of halogens is 2. The summed E-state index contributed by atoms with van der Waals surface area (Å²) in [5, 5.41) is 2.66. The van der Waals surface area contributed by atoms with E-state index in [1.807, 2.05) is 54.6 Å². The number of rotatable bonds is 9. The SMILES string of the molecule is CNC(=O)C(Cc1ccccc1)N(Cc1cccc(Br)c1)C(=O)COc1ccccc1F. The Bertz CT molecular complexity index is 1060. The number of para-hydroxylation sites is 1. The van der Waals surface area contributed by atoms with E-state index in [9.17, 15) is 14.0 Å². The number of amides is 2. The minimum absolute atomic E-state index is 0.0113. The molecule has 0 aromatic heterocycles. The summed E-state index contributed by atoms with van der Waals surface area (Å²) >= 11 is 3.44. The molecule has 0 saturated carbocycles. The summed E-state index contributed by atoms with van der Waals surface area (Å²) < 4.78 is 20.3. The van der Waals surface area contributed by atoms with E-state index in [-0.39, 0.29) is 18.2 Å². The molecule has 3 aromatic rings. The van der Waals surface area contributed by atoms with Gasteiger partial charge < -0.3 is 15.0 Å². The Morgan fingerprint density at radius 3 is 2.38 bits per heavy atom. The number of nitrogens with zero attached hydrogens (tertiary/aromatic N) is 1. The second-order valence-corrected chi connectivity index (χ2v) is 8.11. The molecule has 0 fully saturated rings. The third-order valence-electron chi connectivity index (χ3n) is 4.95. The molecule has 0 bridgehead atoms. The molecule has 32 heavy (non-hydrogen) atoms. The third-order valence-corrected chi connectivity index (χ3v) is 5.44. The van der Waals surface area contributed by atoms with Gasteiger partial charge >= 0.3 is 0 Å². The molecule has 2 amide bonds. The van der Waals surface area contributed by atoms with E-state index in [0.717, 1.165) is 15.6 Å². The minimum atomic E-state index is -0.766. The highest BCUT2D eigenvalue weighted by atomic mass is 79.9. The molecule has 166 valence electrons. The normalized spacial score (nSPS) is 11.5. The number of carbonyl (C=O) groups is 2. The third kappa shape index (κ3) is 6.40. The van der Waals surface area contributed by atoms with Crippen LogP contribution >= 0.6 is 15.9 Å². The lowest BCUT2D eigenvalue weighted by Crippen LogP contribution is -2.51. The van der Waals surface area contributed by atoms with Crippen LogP contribution in [0.1, 0.15) is 11.1 Å². The second-order valence-electron chi connectivity index (χ2n) is 7.19. The number of nitrogens with one attached hydrogen (secondary N) is 1. The van der Waals surface area contributed by atoms with Gasteiger partial charge in [0.15, 0.2) is 18.2 Å². The quantitative estimate of drug-likeness (QED) is 0.476. The van der Waals surface area contributed by atoms with Crippen LogP contribution in [0.5, 0.6) is 5.75 Å². The Hall–Kier alpha value is -3.19. The number of hydrogen-bond acceptors (Lipinski definition) is 3. The lowest BCUT2D eigenvalue weighted by Gasteiger charge is -2.31. The zero-order valence-corrected chi connectivity index (χ0v) is 19.2. The number of ether oxygens (including phenoxy) is 1. The van der Waals surface area contributed by atoms with Gasteiger partial charge in [0.05, 0.1) is 0 Å². The first-order valence-corrected chi connectivity index (χ1v) is 10.9. The highest BCUT2D eigenvalue weighted by Gasteiger charge is 2.30. The summed E-state index contributed by atoms with van der Waals surface area (Å²) in [5.41, 5.74) is 1.77. The summed E-state index contributed by atoms with van der Waals surface area (Å²) in [6, 6.07) is 22.1. The van der Waals surface area contributed by atoms with Crippen molar-refractivity contribution in [1.29, 1.82) is 0 Å². The van der Waals surface area contributed by atoms with Crippen LogP contribution in [-0.4, -0.2) is 36.4 Å². The van der Waals surface area contributed by atoms with Crippen molar-refractivity contribution in [3.63, 3.8) is 0 Å². The van der Waals surface area contributed by atoms with Crippen LogP contribution in [0.15, 0.2) is 83.3 Å². The van der Waals surface area contributed by atoms with Crippen LogP contribution in [0.2, 0.25) is 0 Å². The smallest absolute Gasteiger partial charge is 0.261 e. The van der Waals surface area contributed by atoms with Crippen LogP contribution < -0.4 is 10.1 Å². The summed E-state index contributed by atoms with van der Waals surface area (Å²) in [4.78, 5) is 27.6. The van der Waals surface area contributed by atoms with Gasteiger partial charge in [0.25, 0.3) is 5.91 Å². The average molecular weight is 499 g/mol. The maximum atomic E-state index is 13.9. The largest absolute Gasteiger partial charge is 0.481 e. The van der Waals surface area contributed by atoms with Crippen molar-refractivity contribution in [1.82, 2.24) is 10.2 Å². The molecule has 1 unspecified atom stereocenters. The molecule has 1 N–H and O–H groups in total. The molecule has 3 rings (SSSR count). The topological polar surface area (TPSA) is 58.6 Å². The van der Waals surface area contributed by atoms with E-state index in [2.05, 4.69) is 21.2 Å². The van der Waals surface area contributed by atoms with Crippen molar-refractivity contribution in [2.75, 3.05) is 13.7 Å². The van der Waals surface area contributed by atoms with Gasteiger partial charge in [-0.2, -0.15) is 0 Å². The van der Waals surface area contributed by atoms with Gasteiger partial charge in [-0.25, -0.2) is 4.39 Å². The van der Waals surface area contributed by atoms with E-state index in [0.29, 0.717) is 6.42 Å². The monoisotopic (exact) mass is 498 g/mol. The lowest BCUT2D eigenvalue weighted by atomic mass is 10.0. The van der Waals surface area contributed by atoms with Gasteiger partial charge in [0, 0.05) is 24.5 Å². The first-order valence-electron chi connectivity index (χ1n) is 10.1. The standard InChI is InChI=1S/C25H24BrFN2O3/c1-28-25(31)22(15-18-8-3-2-4-9-18)29(16-19-10-7-11-20(26)14-19)24(30)17-32-23-13-6-5-12-21(23)27/h2-14,22H,15-17H2,1H3,(H,28,31). The number of carbonyl (C=O) groups excluding carboxylic acids is 2. The molecular formula is C25H24BrFN2O3. The molecule has 0 aliphatic heterocycles. The van der Waals surface area contributed by atoms with Crippen molar-refractivity contribution in [2.45, 2.75) is 19.0 Å². The van der Waals surface area contributed by atoms with E-state index in [1.54, 1.807) is 12.1 Å². The van der Waals surface area contributed by atoms with E-state index >= 15 is 0 Å². The van der Waals surface area contributed by atoms with Gasteiger partial charge in [-0.05, 0) is 35.4 Å². The highest BCUT2D eigenvalue weighted by Crippen LogP contribution is 2.19. The Kier molecular flexibility index (Phi) is 8.39. The fourth-order valence-electron chi connectivity index (χ4n) is 3.34. The Labute approximate surface area is 195 Å². The highest BCUT2D eigenvalue weighted by molar-refractivity contribution is 9.10. The zero-order valence-electron chi connectivity index (χ0n) is 17.6. The van der Waals surface area contributed by atoms with Gasteiger partial charge in [-0.3, -0.25) is 9.59 Å². The average Bonchev–Trinajstić information content (AvgIpc) is 2.81. The van der Waals surface area contributed by atoms with Gasteiger partial charge in [0.1, 0.15) is 6.04 Å². The predicted molar refractivity (Wildman–Crippen MR) is 125 cm³/mol. The van der Waals surface area contributed by atoms with Crippen molar-refractivity contribution < 1.29 is 18.7 Å². The van der Waals surface area contributed by atoms with Crippen LogP contribution in [0, 0.1) is 5.82 Å². The molecule has 7 heteroatoms. The maximum absolute atomic E-state index is 13.9. The summed E-state index contributed by atoms with van der Waals surface area (Å²) in [5.74, 6) is -1.27. The van der Waals surface area contributed by atoms with Crippen LogP contribution in [-0.2, 0) is 22.6 Å². The molecule has 0 heterocycles. The van der Waals surface area contributed by atoms with Gasteiger partial charge in [-0.1, -0.05) is 70.5 Å². The Morgan fingerprint density at radius 2 is 1.69 bits per heavy atom. The van der Waals surface area contributed by atoms with Crippen molar-refractivity contribution >= 4 is 27.7 Å². The number of hydrogen-bond donors (Lipinski definition) is 1. The second kappa shape index (κ2) is 11.4. The first-order chi connectivity index (χ1) is 15.5. The molecule has 1 atom stereocenters. The van der Waals surface area contributed by atoms with Crippen LogP contribution in [0.3, 0.4) is 0 Å². The molecule has 0 radical (unpaired) electrons.